The standard InChI is InChI=1S/C17H21NO3/c19-16(20)17-6-1-2-14(17)10-18(11-17)9-12-3-4-15-13(8-12)5-7-21-15/h3-4,8,14H,1-2,5-7,9-11H2,(H,19,20)/t14-,17+/m0/s1. The van der Waals surface area contributed by atoms with Crippen LogP contribution in [0.4, 0.5) is 0 Å². The molecule has 0 bridgehead atoms. The van der Waals surface area contributed by atoms with Crippen LogP contribution in [0, 0.1) is 11.3 Å². The summed E-state index contributed by atoms with van der Waals surface area (Å²) in [6.07, 6.45) is 3.98. The average molecular weight is 287 g/mol. The van der Waals surface area contributed by atoms with E-state index in [2.05, 4.69) is 23.1 Å². The Morgan fingerprint density at radius 2 is 2.38 bits per heavy atom. The Morgan fingerprint density at radius 1 is 1.48 bits per heavy atom. The van der Waals surface area contributed by atoms with Crippen molar-refractivity contribution in [3.05, 3.63) is 29.3 Å². The van der Waals surface area contributed by atoms with Crippen molar-refractivity contribution >= 4 is 5.97 Å². The minimum atomic E-state index is -0.588. The molecule has 2 aliphatic heterocycles. The molecular weight excluding hydrogens is 266 g/mol. The van der Waals surface area contributed by atoms with E-state index in [-0.39, 0.29) is 0 Å². The second-order valence-corrected chi connectivity index (χ2v) is 6.76. The number of nitrogens with zero attached hydrogens (tertiary/aromatic N) is 1. The molecule has 1 aromatic rings. The lowest BCUT2D eigenvalue weighted by atomic mass is 9.81. The third-order valence-electron chi connectivity index (χ3n) is 5.53. The third-order valence-corrected chi connectivity index (χ3v) is 5.53. The van der Waals surface area contributed by atoms with Crippen LogP contribution in [0.25, 0.3) is 0 Å². The highest BCUT2D eigenvalue weighted by molar-refractivity contribution is 5.76. The van der Waals surface area contributed by atoms with Gasteiger partial charge in [0.2, 0.25) is 0 Å². The second-order valence-electron chi connectivity index (χ2n) is 6.76. The van der Waals surface area contributed by atoms with Crippen LogP contribution in [-0.2, 0) is 17.8 Å². The van der Waals surface area contributed by atoms with Crippen LogP contribution in [0.3, 0.4) is 0 Å². The third kappa shape index (κ3) is 2.04. The molecule has 0 amide bonds. The number of rotatable bonds is 3. The first-order valence-corrected chi connectivity index (χ1v) is 7.88. The molecule has 21 heavy (non-hydrogen) atoms. The normalized spacial score (nSPS) is 31.0. The molecule has 2 atom stereocenters. The SMILES string of the molecule is O=C(O)[C@@]12CCC[C@H]1CN(Cc1ccc3c(c1)CCO3)C2. The molecule has 1 saturated heterocycles. The summed E-state index contributed by atoms with van der Waals surface area (Å²) in [6.45, 7) is 3.28. The van der Waals surface area contributed by atoms with Crippen molar-refractivity contribution in [2.75, 3.05) is 19.7 Å². The largest absolute Gasteiger partial charge is 0.493 e. The van der Waals surface area contributed by atoms with E-state index >= 15 is 0 Å². The monoisotopic (exact) mass is 287 g/mol. The van der Waals surface area contributed by atoms with Crippen molar-refractivity contribution in [2.45, 2.75) is 32.2 Å². The van der Waals surface area contributed by atoms with Gasteiger partial charge in [-0.2, -0.15) is 0 Å². The van der Waals surface area contributed by atoms with Gasteiger partial charge in [0.15, 0.2) is 0 Å². The fourth-order valence-corrected chi connectivity index (χ4v) is 4.46. The Bertz CT molecular complexity index is 585. The Balaban J connectivity index is 1.50. The average Bonchev–Trinajstić information content (AvgIpc) is 3.10. The molecule has 3 aliphatic rings. The summed E-state index contributed by atoms with van der Waals surface area (Å²) in [5.41, 5.74) is 2.10. The summed E-state index contributed by atoms with van der Waals surface area (Å²) >= 11 is 0. The Hall–Kier alpha value is -1.55. The molecule has 0 aromatic heterocycles. The van der Waals surface area contributed by atoms with E-state index < -0.39 is 11.4 Å². The van der Waals surface area contributed by atoms with Crippen LogP contribution in [0.1, 0.15) is 30.4 Å². The first-order valence-electron chi connectivity index (χ1n) is 7.88. The molecule has 0 spiro atoms. The predicted molar refractivity (Wildman–Crippen MR) is 78.3 cm³/mol. The maximum atomic E-state index is 11.7. The number of carboxylic acid groups (broad SMARTS) is 1. The summed E-state index contributed by atoms with van der Waals surface area (Å²) in [6, 6.07) is 6.40. The van der Waals surface area contributed by atoms with E-state index in [0.717, 1.165) is 51.1 Å². The Kier molecular flexibility index (Phi) is 2.96. The van der Waals surface area contributed by atoms with Crippen molar-refractivity contribution in [1.82, 2.24) is 4.90 Å². The topological polar surface area (TPSA) is 49.8 Å². The van der Waals surface area contributed by atoms with Crippen LogP contribution in [0.2, 0.25) is 0 Å². The predicted octanol–water partition coefficient (Wildman–Crippen LogP) is 2.31. The molecular formula is C17H21NO3. The molecule has 1 saturated carbocycles. The minimum Gasteiger partial charge on any atom is -0.493 e. The van der Waals surface area contributed by atoms with Gasteiger partial charge in [-0.05, 0) is 36.0 Å². The maximum absolute atomic E-state index is 11.7. The first-order chi connectivity index (χ1) is 10.2. The Morgan fingerprint density at radius 3 is 3.19 bits per heavy atom. The fraction of sp³-hybridized carbons (Fsp3) is 0.588. The maximum Gasteiger partial charge on any atom is 0.311 e. The smallest absolute Gasteiger partial charge is 0.311 e. The molecule has 2 fully saturated rings. The summed E-state index contributed by atoms with van der Waals surface area (Å²) in [5, 5.41) is 9.64. The minimum absolute atomic E-state index is 0.341. The zero-order chi connectivity index (χ0) is 14.4. The zero-order valence-corrected chi connectivity index (χ0v) is 12.2. The molecule has 112 valence electrons. The summed E-state index contributed by atoms with van der Waals surface area (Å²) in [7, 11) is 0. The lowest BCUT2D eigenvalue weighted by Gasteiger charge is -2.23. The second kappa shape index (κ2) is 4.73. The molecule has 4 rings (SSSR count). The van der Waals surface area contributed by atoms with Gasteiger partial charge in [-0.15, -0.1) is 0 Å². The van der Waals surface area contributed by atoms with Crippen LogP contribution in [0.5, 0.6) is 5.75 Å². The summed E-state index contributed by atoms with van der Waals surface area (Å²) in [5.74, 6) is 0.765. The summed E-state index contributed by atoms with van der Waals surface area (Å²) in [4.78, 5) is 14.0. The molecule has 0 unspecified atom stereocenters. The fourth-order valence-electron chi connectivity index (χ4n) is 4.46. The number of ether oxygens (including phenoxy) is 1. The molecule has 4 heteroatoms. The van der Waals surface area contributed by atoms with Gasteiger partial charge < -0.3 is 9.84 Å². The van der Waals surface area contributed by atoms with Crippen molar-refractivity contribution < 1.29 is 14.6 Å². The molecule has 2 heterocycles. The lowest BCUT2D eigenvalue weighted by Crippen LogP contribution is -2.35. The van der Waals surface area contributed by atoms with Gasteiger partial charge in [0.25, 0.3) is 0 Å². The van der Waals surface area contributed by atoms with Gasteiger partial charge in [-0.1, -0.05) is 18.6 Å². The number of likely N-dealkylation sites (tertiary alicyclic amines) is 1. The van der Waals surface area contributed by atoms with E-state index in [4.69, 9.17) is 4.74 Å². The molecule has 0 radical (unpaired) electrons. The van der Waals surface area contributed by atoms with Gasteiger partial charge >= 0.3 is 5.97 Å². The number of carboxylic acids is 1. The van der Waals surface area contributed by atoms with Crippen LogP contribution in [-0.4, -0.2) is 35.7 Å². The van der Waals surface area contributed by atoms with Crippen molar-refractivity contribution in [1.29, 1.82) is 0 Å². The van der Waals surface area contributed by atoms with E-state index in [1.54, 1.807) is 0 Å². The number of hydrogen-bond acceptors (Lipinski definition) is 3. The van der Waals surface area contributed by atoms with Gasteiger partial charge in [-0.3, -0.25) is 9.69 Å². The first kappa shape index (κ1) is 13.1. The van der Waals surface area contributed by atoms with Gasteiger partial charge in [-0.25, -0.2) is 0 Å². The van der Waals surface area contributed by atoms with Crippen LogP contribution >= 0.6 is 0 Å². The van der Waals surface area contributed by atoms with Gasteiger partial charge in [0.05, 0.1) is 12.0 Å². The van der Waals surface area contributed by atoms with E-state index in [9.17, 15) is 9.90 Å². The van der Waals surface area contributed by atoms with E-state index in [0.29, 0.717) is 12.5 Å². The number of fused-ring (bicyclic) bond motifs is 2. The van der Waals surface area contributed by atoms with Crippen molar-refractivity contribution in [3.63, 3.8) is 0 Å². The number of carbonyl (C=O) groups is 1. The van der Waals surface area contributed by atoms with Gasteiger partial charge in [0, 0.05) is 26.1 Å². The Labute approximate surface area is 124 Å². The lowest BCUT2D eigenvalue weighted by molar-refractivity contribution is -0.149. The highest BCUT2D eigenvalue weighted by Crippen LogP contribution is 2.49. The van der Waals surface area contributed by atoms with Crippen LogP contribution in [0.15, 0.2) is 18.2 Å². The highest BCUT2D eigenvalue weighted by Gasteiger charge is 2.54. The van der Waals surface area contributed by atoms with Gasteiger partial charge in [0.1, 0.15) is 5.75 Å². The molecule has 4 nitrogen and oxygen atoms in total. The summed E-state index contributed by atoms with van der Waals surface area (Å²) < 4.78 is 5.54. The van der Waals surface area contributed by atoms with Crippen molar-refractivity contribution in [2.24, 2.45) is 11.3 Å². The molecule has 1 aliphatic carbocycles. The van der Waals surface area contributed by atoms with Crippen LogP contribution < -0.4 is 4.74 Å². The highest BCUT2D eigenvalue weighted by atomic mass is 16.5. The molecule has 1 aromatic carbocycles. The number of hydrogen-bond donors (Lipinski definition) is 1. The zero-order valence-electron chi connectivity index (χ0n) is 12.2. The van der Waals surface area contributed by atoms with E-state index in [1.807, 2.05) is 0 Å². The number of aliphatic carboxylic acids is 1. The number of benzene rings is 1. The molecule has 1 N–H and O–H groups in total. The quantitative estimate of drug-likeness (QED) is 0.927. The van der Waals surface area contributed by atoms with E-state index in [1.165, 1.54) is 11.1 Å². The van der Waals surface area contributed by atoms with Crippen molar-refractivity contribution in [3.8, 4) is 5.75 Å².